The third kappa shape index (κ3) is 2.50. The molecule has 0 spiro atoms. The Morgan fingerprint density at radius 3 is 2.64 bits per heavy atom. The summed E-state index contributed by atoms with van der Waals surface area (Å²) in [5.41, 5.74) is 11.2. The molecule has 0 aliphatic carbocycles. The molecule has 5 N–H and O–H groups in total. The number of hydrogen-bond donors (Lipinski definition) is 3. The summed E-state index contributed by atoms with van der Waals surface area (Å²) < 4.78 is 5.58. The van der Waals surface area contributed by atoms with Gasteiger partial charge < -0.3 is 16.2 Å². The molecule has 0 saturated heterocycles. The van der Waals surface area contributed by atoms with Crippen molar-refractivity contribution in [1.29, 1.82) is 0 Å². The van der Waals surface area contributed by atoms with Crippen molar-refractivity contribution in [3.63, 3.8) is 0 Å². The second-order valence-electron chi connectivity index (χ2n) is 3.51. The number of ether oxygens (including phenoxy) is 1. The van der Waals surface area contributed by atoms with E-state index in [9.17, 15) is 0 Å². The zero-order valence-electron chi connectivity index (χ0n) is 8.66. The molecule has 0 saturated carbocycles. The predicted molar refractivity (Wildman–Crippen MR) is 56.8 cm³/mol. The van der Waals surface area contributed by atoms with Crippen LogP contribution in [0.4, 0.5) is 11.5 Å². The molecule has 14 heavy (non-hydrogen) atoms. The number of nitrogens with two attached hydrogens (primary N) is 2. The van der Waals surface area contributed by atoms with Crippen LogP contribution in [0.2, 0.25) is 0 Å². The third-order valence-electron chi connectivity index (χ3n) is 1.87. The summed E-state index contributed by atoms with van der Waals surface area (Å²) in [5.74, 6) is 0.826. The Morgan fingerprint density at radius 2 is 2.07 bits per heavy atom. The first kappa shape index (κ1) is 10.6. The van der Waals surface area contributed by atoms with Gasteiger partial charge in [0.15, 0.2) is 17.3 Å². The molecular formula is C9H16N4O. The Labute approximate surface area is 83.5 Å². The van der Waals surface area contributed by atoms with Gasteiger partial charge in [0.05, 0.1) is 11.9 Å². The first-order chi connectivity index (χ1) is 6.44. The fourth-order valence-corrected chi connectivity index (χ4v) is 0.878. The van der Waals surface area contributed by atoms with E-state index in [1.54, 1.807) is 13.1 Å². The van der Waals surface area contributed by atoms with Gasteiger partial charge in [-0.1, -0.05) is 0 Å². The minimum absolute atomic E-state index is 0.336. The van der Waals surface area contributed by atoms with E-state index in [4.69, 9.17) is 16.2 Å². The molecule has 0 bridgehead atoms. The van der Waals surface area contributed by atoms with E-state index in [2.05, 4.69) is 10.3 Å². The highest BCUT2D eigenvalue weighted by atomic mass is 16.5. The lowest BCUT2D eigenvalue weighted by Crippen LogP contribution is -2.42. The van der Waals surface area contributed by atoms with Crippen molar-refractivity contribution in [3.05, 3.63) is 12.3 Å². The summed E-state index contributed by atoms with van der Waals surface area (Å²) in [7, 11) is 1.80. The van der Waals surface area contributed by atoms with Crippen molar-refractivity contribution in [2.75, 3.05) is 18.5 Å². The molecule has 0 unspecified atom stereocenters. The zero-order chi connectivity index (χ0) is 10.8. The fraction of sp³-hybridized carbons (Fsp3) is 0.444. The molecule has 1 heterocycles. The molecule has 0 aromatic carbocycles. The summed E-state index contributed by atoms with van der Waals surface area (Å²) in [4.78, 5) is 3.90. The van der Waals surface area contributed by atoms with E-state index in [0.29, 0.717) is 17.3 Å². The highest BCUT2D eigenvalue weighted by Crippen LogP contribution is 2.24. The molecule has 78 valence electrons. The number of rotatable bonds is 3. The average molecular weight is 196 g/mol. The maximum absolute atomic E-state index is 5.63. The quantitative estimate of drug-likeness (QED) is 0.616. The number of anilines is 2. The molecule has 0 atom stereocenters. The van der Waals surface area contributed by atoms with E-state index in [-0.39, 0.29) is 0 Å². The smallest absolute Gasteiger partial charge is 0.166 e. The van der Waals surface area contributed by atoms with E-state index in [1.165, 1.54) is 6.20 Å². The lowest BCUT2D eigenvalue weighted by molar-refractivity contribution is 0.0811. The monoisotopic (exact) mass is 196 g/mol. The Hall–Kier alpha value is -1.49. The van der Waals surface area contributed by atoms with Crippen molar-refractivity contribution in [2.45, 2.75) is 19.6 Å². The lowest BCUT2D eigenvalue weighted by Gasteiger charge is -2.26. The van der Waals surface area contributed by atoms with Crippen molar-refractivity contribution in [1.82, 2.24) is 10.3 Å². The standard InChI is InChI=1S/C9H16N4O/c1-9(2,12-3)14-7-4-6(10)5-13-8(7)11/h4-5,12H,10H2,1-3H3,(H2,11,13). The van der Waals surface area contributed by atoms with Crippen molar-refractivity contribution < 1.29 is 4.74 Å². The molecule has 1 aromatic heterocycles. The van der Waals surface area contributed by atoms with Gasteiger partial charge >= 0.3 is 0 Å². The molecule has 1 aromatic rings. The molecule has 0 aliphatic heterocycles. The molecule has 5 heteroatoms. The maximum atomic E-state index is 5.63. The van der Waals surface area contributed by atoms with Crippen molar-refractivity contribution in [3.8, 4) is 5.75 Å². The largest absolute Gasteiger partial charge is 0.469 e. The van der Waals surface area contributed by atoms with Crippen LogP contribution in [-0.2, 0) is 0 Å². The second-order valence-corrected chi connectivity index (χ2v) is 3.51. The van der Waals surface area contributed by atoms with Crippen LogP contribution in [-0.4, -0.2) is 17.8 Å². The summed E-state index contributed by atoms with van der Waals surface area (Å²) in [6.45, 7) is 3.77. The van der Waals surface area contributed by atoms with Gasteiger partial charge in [0.1, 0.15) is 0 Å². The van der Waals surface area contributed by atoms with Crippen molar-refractivity contribution >= 4 is 11.5 Å². The molecule has 5 nitrogen and oxygen atoms in total. The van der Waals surface area contributed by atoms with Gasteiger partial charge in [-0.25, -0.2) is 4.98 Å². The van der Waals surface area contributed by atoms with Gasteiger partial charge in [0.2, 0.25) is 0 Å². The molecule has 1 rings (SSSR count). The SMILES string of the molecule is CNC(C)(C)Oc1cc(N)cnc1N. The van der Waals surface area contributed by atoms with Crippen molar-refractivity contribution in [2.24, 2.45) is 0 Å². The van der Waals surface area contributed by atoms with Gasteiger partial charge in [-0.05, 0) is 20.9 Å². The highest BCUT2D eigenvalue weighted by molar-refractivity contribution is 5.53. The Bertz CT molecular complexity index is 325. The number of nitrogens with zero attached hydrogens (tertiary/aromatic N) is 1. The van der Waals surface area contributed by atoms with Crippen LogP contribution in [0, 0.1) is 0 Å². The van der Waals surface area contributed by atoms with E-state index < -0.39 is 5.72 Å². The van der Waals surface area contributed by atoms with Crippen LogP contribution >= 0.6 is 0 Å². The molecule has 0 aliphatic rings. The minimum Gasteiger partial charge on any atom is -0.469 e. The predicted octanol–water partition coefficient (Wildman–Crippen LogP) is 0.580. The van der Waals surface area contributed by atoms with Gasteiger partial charge in [-0.2, -0.15) is 0 Å². The second kappa shape index (κ2) is 3.71. The minimum atomic E-state index is -0.496. The number of hydrogen-bond acceptors (Lipinski definition) is 5. The topological polar surface area (TPSA) is 86.2 Å². The third-order valence-corrected chi connectivity index (χ3v) is 1.87. The van der Waals surface area contributed by atoms with Crippen LogP contribution in [0.15, 0.2) is 12.3 Å². The van der Waals surface area contributed by atoms with Crippen LogP contribution in [0.1, 0.15) is 13.8 Å². The first-order valence-corrected chi connectivity index (χ1v) is 4.33. The van der Waals surface area contributed by atoms with Gasteiger partial charge in [0.25, 0.3) is 0 Å². The van der Waals surface area contributed by atoms with Crippen LogP contribution in [0.5, 0.6) is 5.75 Å². The summed E-state index contributed by atoms with van der Waals surface area (Å²) >= 11 is 0. The first-order valence-electron chi connectivity index (χ1n) is 4.33. The van der Waals surface area contributed by atoms with Crippen LogP contribution < -0.4 is 21.5 Å². The summed E-state index contributed by atoms with van der Waals surface area (Å²) in [5, 5.41) is 2.99. The fourth-order valence-electron chi connectivity index (χ4n) is 0.878. The van der Waals surface area contributed by atoms with E-state index in [0.717, 1.165) is 0 Å². The van der Waals surface area contributed by atoms with E-state index >= 15 is 0 Å². The Morgan fingerprint density at radius 1 is 1.43 bits per heavy atom. The number of pyridine rings is 1. The normalized spacial score (nSPS) is 11.4. The molecule has 0 radical (unpaired) electrons. The lowest BCUT2D eigenvalue weighted by atomic mass is 10.3. The number of nitrogens with one attached hydrogen (secondary N) is 1. The zero-order valence-corrected chi connectivity index (χ0v) is 8.66. The molecule has 0 fully saturated rings. The number of aromatic nitrogens is 1. The van der Waals surface area contributed by atoms with Gasteiger partial charge in [-0.3, -0.25) is 5.32 Å². The van der Waals surface area contributed by atoms with Gasteiger partial charge in [0, 0.05) is 6.07 Å². The summed E-state index contributed by atoms with van der Waals surface area (Å²) in [6.07, 6.45) is 1.49. The highest BCUT2D eigenvalue weighted by Gasteiger charge is 2.18. The molecule has 0 amide bonds. The number of nitrogen functional groups attached to an aromatic ring is 2. The van der Waals surface area contributed by atoms with Crippen LogP contribution in [0.3, 0.4) is 0 Å². The maximum Gasteiger partial charge on any atom is 0.166 e. The summed E-state index contributed by atoms with van der Waals surface area (Å²) in [6, 6.07) is 1.65. The Kier molecular flexibility index (Phi) is 2.81. The van der Waals surface area contributed by atoms with E-state index in [1.807, 2.05) is 13.8 Å². The molecular weight excluding hydrogens is 180 g/mol. The van der Waals surface area contributed by atoms with Gasteiger partial charge in [-0.15, -0.1) is 0 Å². The van der Waals surface area contributed by atoms with Crippen LogP contribution in [0.25, 0.3) is 0 Å². The average Bonchev–Trinajstić information content (AvgIpc) is 2.11. The Balaban J connectivity index is 2.91.